The molecule has 0 radical (unpaired) electrons. The number of pyridine rings is 1. The van der Waals surface area contributed by atoms with E-state index in [4.69, 9.17) is 16.7 Å². The van der Waals surface area contributed by atoms with Gasteiger partial charge in [0.25, 0.3) is 5.91 Å². The Balaban J connectivity index is 2.40. The van der Waals surface area contributed by atoms with Gasteiger partial charge in [-0.15, -0.1) is 0 Å². The number of carbonyl (C=O) groups is 2. The molecule has 1 heterocycles. The highest BCUT2D eigenvalue weighted by Crippen LogP contribution is 2.20. The van der Waals surface area contributed by atoms with E-state index in [1.165, 1.54) is 18.5 Å². The number of hydrogen-bond acceptors (Lipinski definition) is 3. The summed E-state index contributed by atoms with van der Waals surface area (Å²) in [6, 6.07) is 10.0. The Morgan fingerprint density at radius 1 is 1.20 bits per heavy atom. The van der Waals surface area contributed by atoms with Crippen molar-refractivity contribution in [3.05, 3.63) is 59.4 Å². The minimum absolute atomic E-state index is 0.166. The fourth-order valence-corrected chi connectivity index (χ4v) is 1.89. The summed E-state index contributed by atoms with van der Waals surface area (Å²) in [7, 11) is 0. The highest BCUT2D eigenvalue weighted by Gasteiger charge is 2.22. The summed E-state index contributed by atoms with van der Waals surface area (Å²) in [4.78, 5) is 28.4. The van der Waals surface area contributed by atoms with Crippen molar-refractivity contribution in [2.45, 2.75) is 0 Å². The molecule has 0 saturated carbocycles. The molecule has 2 aromatic rings. The molecule has 1 aromatic heterocycles. The van der Waals surface area contributed by atoms with Crippen LogP contribution in [0.4, 0.5) is 5.69 Å². The van der Waals surface area contributed by atoms with Crippen LogP contribution in [0.2, 0.25) is 5.02 Å². The van der Waals surface area contributed by atoms with E-state index in [1.54, 1.807) is 30.3 Å². The maximum absolute atomic E-state index is 12.4. The number of benzene rings is 1. The predicted octanol–water partition coefficient (Wildman–Crippen LogP) is 2.47. The van der Waals surface area contributed by atoms with Gasteiger partial charge in [-0.05, 0) is 18.2 Å². The first-order valence-electron chi connectivity index (χ1n) is 5.78. The summed E-state index contributed by atoms with van der Waals surface area (Å²) >= 11 is 5.95. The van der Waals surface area contributed by atoms with E-state index in [0.29, 0.717) is 5.69 Å². The first-order valence-corrected chi connectivity index (χ1v) is 6.15. The van der Waals surface area contributed by atoms with E-state index in [2.05, 4.69) is 4.98 Å². The standard InChI is InChI=1S/C14H11ClN2O3/c15-12-6-7-16-8-11(12)14(20)17(9-13(18)19)10-4-2-1-3-5-10/h1-8H,9H2,(H,18,19). The lowest BCUT2D eigenvalue weighted by molar-refractivity contribution is -0.135. The van der Waals surface area contributed by atoms with Gasteiger partial charge in [0.15, 0.2) is 0 Å². The smallest absolute Gasteiger partial charge is 0.323 e. The molecule has 0 aliphatic rings. The molecule has 0 atom stereocenters. The average molecular weight is 291 g/mol. The maximum atomic E-state index is 12.4. The number of carboxylic acids is 1. The fourth-order valence-electron chi connectivity index (χ4n) is 1.70. The van der Waals surface area contributed by atoms with Gasteiger partial charge in [0, 0.05) is 18.1 Å². The topological polar surface area (TPSA) is 70.5 Å². The molecule has 5 nitrogen and oxygen atoms in total. The largest absolute Gasteiger partial charge is 0.480 e. The van der Waals surface area contributed by atoms with Gasteiger partial charge in [0.2, 0.25) is 0 Å². The second-order valence-electron chi connectivity index (χ2n) is 3.98. The summed E-state index contributed by atoms with van der Waals surface area (Å²) in [6.45, 7) is -0.450. The van der Waals surface area contributed by atoms with Gasteiger partial charge in [-0.2, -0.15) is 0 Å². The number of nitrogens with zero attached hydrogens (tertiary/aromatic N) is 2. The summed E-state index contributed by atoms with van der Waals surface area (Å²) in [5, 5.41) is 9.20. The third kappa shape index (κ3) is 3.13. The van der Waals surface area contributed by atoms with Gasteiger partial charge in [-0.3, -0.25) is 19.5 Å². The first kappa shape index (κ1) is 14.0. The molecule has 0 bridgehead atoms. The number of carboxylic acid groups (broad SMARTS) is 1. The lowest BCUT2D eigenvalue weighted by Crippen LogP contribution is -2.35. The van der Waals surface area contributed by atoms with Gasteiger partial charge in [0.05, 0.1) is 10.6 Å². The van der Waals surface area contributed by atoms with Crippen LogP contribution in [-0.4, -0.2) is 28.5 Å². The molecular weight excluding hydrogens is 280 g/mol. The molecule has 2 rings (SSSR count). The average Bonchev–Trinajstić information content (AvgIpc) is 2.45. The zero-order valence-corrected chi connectivity index (χ0v) is 11.1. The number of halogens is 1. The molecule has 1 amide bonds. The number of hydrogen-bond donors (Lipinski definition) is 1. The van der Waals surface area contributed by atoms with Crippen LogP contribution in [0.1, 0.15) is 10.4 Å². The third-order valence-corrected chi connectivity index (χ3v) is 2.93. The van der Waals surface area contributed by atoms with Crippen molar-refractivity contribution < 1.29 is 14.7 Å². The molecule has 20 heavy (non-hydrogen) atoms. The van der Waals surface area contributed by atoms with Crippen LogP contribution < -0.4 is 4.90 Å². The normalized spacial score (nSPS) is 10.1. The van der Waals surface area contributed by atoms with Crippen molar-refractivity contribution in [1.29, 1.82) is 0 Å². The van der Waals surface area contributed by atoms with Gasteiger partial charge in [0.1, 0.15) is 6.54 Å². The second-order valence-corrected chi connectivity index (χ2v) is 4.38. The molecule has 0 saturated heterocycles. The molecule has 1 N–H and O–H groups in total. The Bertz CT molecular complexity index is 631. The Labute approximate surface area is 120 Å². The van der Waals surface area contributed by atoms with Crippen molar-refractivity contribution in [1.82, 2.24) is 4.98 Å². The zero-order valence-electron chi connectivity index (χ0n) is 10.4. The van der Waals surface area contributed by atoms with E-state index in [1.807, 2.05) is 0 Å². The quantitative estimate of drug-likeness (QED) is 0.939. The summed E-state index contributed by atoms with van der Waals surface area (Å²) < 4.78 is 0. The summed E-state index contributed by atoms with van der Waals surface area (Å²) in [5.41, 5.74) is 0.652. The van der Waals surface area contributed by atoms with Crippen molar-refractivity contribution >= 4 is 29.2 Å². The Hall–Kier alpha value is -2.40. The predicted molar refractivity (Wildman–Crippen MR) is 75.0 cm³/mol. The van der Waals surface area contributed by atoms with Gasteiger partial charge >= 0.3 is 5.97 Å². The minimum atomic E-state index is -1.11. The van der Waals surface area contributed by atoms with Crippen molar-refractivity contribution in [3.63, 3.8) is 0 Å². The van der Waals surface area contributed by atoms with Crippen LogP contribution in [-0.2, 0) is 4.79 Å². The Morgan fingerprint density at radius 2 is 1.90 bits per heavy atom. The van der Waals surface area contributed by atoms with Crippen LogP contribution in [0.15, 0.2) is 48.8 Å². The van der Waals surface area contributed by atoms with Gasteiger partial charge in [-0.1, -0.05) is 29.8 Å². The third-order valence-electron chi connectivity index (χ3n) is 2.60. The molecule has 102 valence electrons. The number of aromatic nitrogens is 1. The maximum Gasteiger partial charge on any atom is 0.323 e. The molecule has 0 unspecified atom stereocenters. The van der Waals surface area contributed by atoms with E-state index in [-0.39, 0.29) is 10.6 Å². The number of amides is 1. The van der Waals surface area contributed by atoms with Crippen LogP contribution >= 0.6 is 11.6 Å². The molecule has 0 aliphatic heterocycles. The Morgan fingerprint density at radius 3 is 2.50 bits per heavy atom. The first-order chi connectivity index (χ1) is 9.59. The number of rotatable bonds is 4. The van der Waals surface area contributed by atoms with Crippen molar-refractivity contribution in [2.24, 2.45) is 0 Å². The summed E-state index contributed by atoms with van der Waals surface area (Å²) in [5.74, 6) is -1.61. The van der Waals surface area contributed by atoms with Gasteiger partial charge in [-0.25, -0.2) is 0 Å². The lowest BCUT2D eigenvalue weighted by atomic mass is 10.2. The zero-order chi connectivity index (χ0) is 14.5. The van der Waals surface area contributed by atoms with Crippen LogP contribution in [0, 0.1) is 0 Å². The number of carbonyl (C=O) groups excluding carboxylic acids is 1. The number of para-hydroxylation sites is 1. The van der Waals surface area contributed by atoms with Crippen LogP contribution in [0.3, 0.4) is 0 Å². The fraction of sp³-hybridized carbons (Fsp3) is 0.0714. The number of anilines is 1. The van der Waals surface area contributed by atoms with Crippen molar-refractivity contribution in [2.75, 3.05) is 11.4 Å². The van der Waals surface area contributed by atoms with Crippen LogP contribution in [0.5, 0.6) is 0 Å². The monoisotopic (exact) mass is 290 g/mol. The SMILES string of the molecule is O=C(O)CN(C(=O)c1cnccc1Cl)c1ccccc1. The molecule has 1 aromatic carbocycles. The number of aliphatic carboxylic acids is 1. The van der Waals surface area contributed by atoms with Crippen molar-refractivity contribution in [3.8, 4) is 0 Å². The summed E-state index contributed by atoms with van der Waals surface area (Å²) in [6.07, 6.45) is 2.78. The highest BCUT2D eigenvalue weighted by atomic mass is 35.5. The molecule has 6 heteroatoms. The molecule has 0 spiro atoms. The molecular formula is C14H11ClN2O3. The highest BCUT2D eigenvalue weighted by molar-refractivity contribution is 6.34. The van der Waals surface area contributed by atoms with E-state index >= 15 is 0 Å². The van der Waals surface area contributed by atoms with E-state index in [0.717, 1.165) is 4.90 Å². The minimum Gasteiger partial charge on any atom is -0.480 e. The second kappa shape index (κ2) is 6.16. The van der Waals surface area contributed by atoms with Crippen LogP contribution in [0.25, 0.3) is 0 Å². The molecule has 0 fully saturated rings. The van der Waals surface area contributed by atoms with Gasteiger partial charge < -0.3 is 5.11 Å². The molecule has 0 aliphatic carbocycles. The lowest BCUT2D eigenvalue weighted by Gasteiger charge is -2.21. The van der Waals surface area contributed by atoms with E-state index < -0.39 is 18.4 Å². The van der Waals surface area contributed by atoms with E-state index in [9.17, 15) is 9.59 Å². The Kier molecular flexibility index (Phi) is 4.32.